The zero-order valence-corrected chi connectivity index (χ0v) is 12.0. The molecule has 0 amide bonds. The van der Waals surface area contributed by atoms with E-state index in [2.05, 4.69) is 20.7 Å². The Bertz CT molecular complexity index is 681. The monoisotopic (exact) mass is 303 g/mol. The third kappa shape index (κ3) is 2.51. The molecule has 0 saturated carbocycles. The molecule has 1 saturated heterocycles. The molecule has 4 rings (SSSR count). The summed E-state index contributed by atoms with van der Waals surface area (Å²) < 4.78 is 10.6. The first-order chi connectivity index (χ1) is 10.7. The molecule has 0 atom stereocenters. The standard InChI is InChI=1S/C14H17N5O3/c20-14(3-5-15-6-4-14)8-19-17-13(16-18-19)10-1-2-11-12(7-10)22-9-21-11/h1-2,7,15,20H,3-6,8-9H2. The molecule has 1 fully saturated rings. The van der Waals surface area contributed by atoms with Crippen molar-refractivity contribution < 1.29 is 14.6 Å². The molecular formula is C14H17N5O3. The van der Waals surface area contributed by atoms with Crippen molar-refractivity contribution in [2.24, 2.45) is 0 Å². The van der Waals surface area contributed by atoms with Crippen LogP contribution >= 0.6 is 0 Å². The number of hydrogen-bond donors (Lipinski definition) is 2. The Morgan fingerprint density at radius 1 is 1.23 bits per heavy atom. The first-order valence-corrected chi connectivity index (χ1v) is 7.33. The van der Waals surface area contributed by atoms with Gasteiger partial charge >= 0.3 is 0 Å². The van der Waals surface area contributed by atoms with Crippen LogP contribution in [0.1, 0.15) is 12.8 Å². The first kappa shape index (κ1) is 13.5. The molecule has 2 aliphatic heterocycles. The number of hydrogen-bond acceptors (Lipinski definition) is 7. The molecule has 2 N–H and O–H groups in total. The van der Waals surface area contributed by atoms with Crippen molar-refractivity contribution in [3.05, 3.63) is 18.2 Å². The molecule has 8 nitrogen and oxygen atoms in total. The van der Waals surface area contributed by atoms with Gasteiger partial charge < -0.3 is 19.9 Å². The molecule has 0 unspecified atom stereocenters. The quantitative estimate of drug-likeness (QED) is 0.835. The third-order valence-electron chi connectivity index (χ3n) is 4.05. The summed E-state index contributed by atoms with van der Waals surface area (Å²) in [5.74, 6) is 1.92. The molecule has 0 spiro atoms. The normalized spacial score (nSPS) is 19.3. The summed E-state index contributed by atoms with van der Waals surface area (Å²) >= 11 is 0. The molecule has 1 aromatic carbocycles. The highest BCUT2D eigenvalue weighted by atomic mass is 16.7. The number of benzene rings is 1. The van der Waals surface area contributed by atoms with E-state index < -0.39 is 5.60 Å². The lowest BCUT2D eigenvalue weighted by Crippen LogP contribution is -2.45. The Kier molecular flexibility index (Phi) is 3.20. The van der Waals surface area contributed by atoms with Crippen molar-refractivity contribution in [2.75, 3.05) is 19.9 Å². The van der Waals surface area contributed by atoms with Gasteiger partial charge in [0.15, 0.2) is 11.5 Å². The highest BCUT2D eigenvalue weighted by Crippen LogP contribution is 2.34. The van der Waals surface area contributed by atoms with Gasteiger partial charge in [0.1, 0.15) is 0 Å². The van der Waals surface area contributed by atoms with Gasteiger partial charge in [-0.25, -0.2) is 0 Å². The summed E-state index contributed by atoms with van der Waals surface area (Å²) in [7, 11) is 0. The minimum absolute atomic E-state index is 0.236. The molecule has 0 aliphatic carbocycles. The van der Waals surface area contributed by atoms with Crippen LogP contribution in [0, 0.1) is 0 Å². The number of rotatable bonds is 3. The third-order valence-corrected chi connectivity index (χ3v) is 4.05. The summed E-state index contributed by atoms with van der Waals surface area (Å²) in [6.07, 6.45) is 1.38. The van der Waals surface area contributed by atoms with E-state index in [1.165, 1.54) is 4.80 Å². The van der Waals surface area contributed by atoms with Crippen LogP contribution in [0.4, 0.5) is 0 Å². The van der Waals surface area contributed by atoms with Gasteiger partial charge in [-0.1, -0.05) is 0 Å². The highest BCUT2D eigenvalue weighted by molar-refractivity contribution is 5.60. The van der Waals surface area contributed by atoms with Crippen LogP contribution in [0.15, 0.2) is 18.2 Å². The van der Waals surface area contributed by atoms with Crippen molar-refractivity contribution in [2.45, 2.75) is 25.0 Å². The maximum atomic E-state index is 10.5. The van der Waals surface area contributed by atoms with Gasteiger partial charge in [0.25, 0.3) is 0 Å². The summed E-state index contributed by atoms with van der Waals surface area (Å²) in [5, 5.41) is 26.2. The van der Waals surface area contributed by atoms with Gasteiger partial charge in [-0.15, -0.1) is 10.2 Å². The minimum Gasteiger partial charge on any atom is -0.454 e. The van der Waals surface area contributed by atoms with Gasteiger partial charge in [-0.05, 0) is 49.3 Å². The Labute approximate surface area is 127 Å². The lowest BCUT2D eigenvalue weighted by Gasteiger charge is -2.31. The summed E-state index contributed by atoms with van der Waals surface area (Å²) in [4.78, 5) is 1.46. The number of ether oxygens (including phenoxy) is 2. The number of nitrogens with zero attached hydrogens (tertiary/aromatic N) is 4. The molecule has 0 bridgehead atoms. The maximum absolute atomic E-state index is 10.5. The van der Waals surface area contributed by atoms with Crippen molar-refractivity contribution in [3.63, 3.8) is 0 Å². The molecule has 2 aliphatic rings. The van der Waals surface area contributed by atoms with Gasteiger partial charge in [0.2, 0.25) is 12.6 Å². The molecule has 116 valence electrons. The molecular weight excluding hydrogens is 286 g/mol. The topological polar surface area (TPSA) is 94.3 Å². The Balaban J connectivity index is 1.54. The fourth-order valence-corrected chi connectivity index (χ4v) is 2.77. The van der Waals surface area contributed by atoms with E-state index in [4.69, 9.17) is 9.47 Å². The van der Waals surface area contributed by atoms with Crippen LogP contribution in [0.2, 0.25) is 0 Å². The van der Waals surface area contributed by atoms with E-state index >= 15 is 0 Å². The number of nitrogens with one attached hydrogen (secondary N) is 1. The van der Waals surface area contributed by atoms with E-state index in [1.54, 1.807) is 0 Å². The SMILES string of the molecule is OC1(Cn2nnc(-c3ccc4c(c3)OCO4)n2)CCNCC1. The molecule has 3 heterocycles. The fourth-order valence-electron chi connectivity index (χ4n) is 2.77. The van der Waals surface area contributed by atoms with E-state index in [-0.39, 0.29) is 6.79 Å². The van der Waals surface area contributed by atoms with E-state index in [9.17, 15) is 5.11 Å². The fraction of sp³-hybridized carbons (Fsp3) is 0.500. The largest absolute Gasteiger partial charge is 0.454 e. The van der Waals surface area contributed by atoms with E-state index in [0.29, 0.717) is 31.0 Å². The van der Waals surface area contributed by atoms with Crippen LogP contribution in [0.3, 0.4) is 0 Å². The average molecular weight is 303 g/mol. The zero-order valence-electron chi connectivity index (χ0n) is 12.0. The number of aromatic nitrogens is 4. The number of tetrazole rings is 1. The second-order valence-electron chi connectivity index (χ2n) is 5.69. The average Bonchev–Trinajstić information content (AvgIpc) is 3.15. The second-order valence-corrected chi connectivity index (χ2v) is 5.69. The lowest BCUT2D eigenvalue weighted by atomic mass is 9.93. The van der Waals surface area contributed by atoms with Crippen molar-refractivity contribution >= 4 is 0 Å². The van der Waals surface area contributed by atoms with Crippen LogP contribution in [0.5, 0.6) is 11.5 Å². The van der Waals surface area contributed by atoms with Crippen LogP contribution in [-0.2, 0) is 6.54 Å². The summed E-state index contributed by atoms with van der Waals surface area (Å²) in [6.45, 7) is 2.20. The van der Waals surface area contributed by atoms with Gasteiger partial charge in [-0.2, -0.15) is 4.80 Å². The van der Waals surface area contributed by atoms with Crippen molar-refractivity contribution in [1.29, 1.82) is 0 Å². The van der Waals surface area contributed by atoms with Gasteiger partial charge in [-0.3, -0.25) is 0 Å². The van der Waals surface area contributed by atoms with Crippen molar-refractivity contribution in [3.8, 4) is 22.9 Å². The lowest BCUT2D eigenvalue weighted by molar-refractivity contribution is -0.0120. The Hall–Kier alpha value is -2.19. The van der Waals surface area contributed by atoms with Crippen LogP contribution < -0.4 is 14.8 Å². The number of piperidine rings is 1. The van der Waals surface area contributed by atoms with Gasteiger partial charge in [0, 0.05) is 5.56 Å². The predicted molar refractivity (Wildman–Crippen MR) is 76.4 cm³/mol. The Morgan fingerprint density at radius 3 is 2.91 bits per heavy atom. The molecule has 2 aromatic rings. The summed E-state index contributed by atoms with van der Waals surface area (Å²) in [5.41, 5.74) is 0.0470. The minimum atomic E-state index is -0.766. The van der Waals surface area contributed by atoms with Crippen LogP contribution in [0.25, 0.3) is 11.4 Å². The first-order valence-electron chi connectivity index (χ1n) is 7.33. The summed E-state index contributed by atoms with van der Waals surface area (Å²) in [6, 6.07) is 5.54. The second kappa shape index (κ2) is 5.22. The van der Waals surface area contributed by atoms with E-state index in [0.717, 1.165) is 24.4 Å². The smallest absolute Gasteiger partial charge is 0.231 e. The molecule has 0 radical (unpaired) electrons. The molecule has 1 aromatic heterocycles. The maximum Gasteiger partial charge on any atom is 0.231 e. The van der Waals surface area contributed by atoms with Crippen LogP contribution in [-0.4, -0.2) is 50.8 Å². The zero-order chi connectivity index (χ0) is 15.0. The van der Waals surface area contributed by atoms with Gasteiger partial charge in [0.05, 0.1) is 12.1 Å². The van der Waals surface area contributed by atoms with E-state index in [1.807, 2.05) is 18.2 Å². The predicted octanol–water partition coefficient (Wildman–Crippen LogP) is 0.183. The molecule has 22 heavy (non-hydrogen) atoms. The number of aliphatic hydroxyl groups is 1. The Morgan fingerprint density at radius 2 is 2.05 bits per heavy atom. The van der Waals surface area contributed by atoms with Crippen molar-refractivity contribution in [1.82, 2.24) is 25.5 Å². The molecule has 8 heteroatoms. The number of fused-ring (bicyclic) bond motifs is 1. The highest BCUT2D eigenvalue weighted by Gasteiger charge is 2.30.